The number of piperidine rings is 1. The third-order valence-corrected chi connectivity index (χ3v) is 14.9. The maximum atomic E-state index is 5.11. The van der Waals surface area contributed by atoms with Crippen molar-refractivity contribution in [2.75, 3.05) is 36.4 Å². The molecule has 9 nitrogen and oxygen atoms in total. The molecule has 0 radical (unpaired) electrons. The summed E-state index contributed by atoms with van der Waals surface area (Å²) in [7, 11) is 2.01. The normalized spacial score (nSPS) is 19.8. The van der Waals surface area contributed by atoms with Crippen molar-refractivity contribution in [2.45, 2.75) is 82.5 Å². The van der Waals surface area contributed by atoms with Gasteiger partial charge in [0.2, 0.25) is 0 Å². The minimum absolute atomic E-state index is 0.205. The van der Waals surface area contributed by atoms with Crippen LogP contribution in [-0.2, 0) is 26.4 Å². The molecule has 5 aliphatic rings. The molecule has 3 atom stereocenters. The van der Waals surface area contributed by atoms with Gasteiger partial charge in [-0.3, -0.25) is 14.6 Å². The first-order valence-corrected chi connectivity index (χ1v) is 24.9. The summed E-state index contributed by atoms with van der Waals surface area (Å²) in [5.74, 6) is 1.20. The van der Waals surface area contributed by atoms with Gasteiger partial charge < -0.3 is 20.9 Å². The van der Waals surface area contributed by atoms with Gasteiger partial charge in [-0.1, -0.05) is 131 Å². The number of para-hydroxylation sites is 1. The number of aryl methyl sites for hydroxylation is 2. The number of thioether (sulfide) groups is 1. The molecule has 3 unspecified atom stereocenters. The maximum absolute atomic E-state index is 5.11. The van der Waals surface area contributed by atoms with E-state index in [2.05, 4.69) is 164 Å². The summed E-state index contributed by atoms with van der Waals surface area (Å²) in [6.45, 7) is 30.4. The number of rotatable bonds is 12. The van der Waals surface area contributed by atoms with Gasteiger partial charge in [-0.25, -0.2) is 4.98 Å². The van der Waals surface area contributed by atoms with Gasteiger partial charge in [-0.05, 0) is 111 Å². The number of nitrogens with one attached hydrogen (secondary N) is 3. The van der Waals surface area contributed by atoms with Crippen LogP contribution in [0.3, 0.4) is 0 Å². The van der Waals surface area contributed by atoms with E-state index in [9.17, 15) is 0 Å². The van der Waals surface area contributed by atoms with Gasteiger partial charge >= 0.3 is 0 Å². The number of benzene rings is 3. The second kappa shape index (κ2) is 20.2. The Kier molecular flexibility index (Phi) is 13.8. The van der Waals surface area contributed by atoms with Crippen LogP contribution >= 0.6 is 11.8 Å². The van der Waals surface area contributed by atoms with Crippen LogP contribution < -0.4 is 20.9 Å². The molecule has 2 fully saturated rings. The number of amidine groups is 1. The smallest absolute Gasteiger partial charge is 0.162 e. The summed E-state index contributed by atoms with van der Waals surface area (Å²) in [6, 6.07) is 24.1. The Hall–Kier alpha value is -6.36. The third kappa shape index (κ3) is 9.88. The second-order valence-electron chi connectivity index (χ2n) is 18.4. The van der Waals surface area contributed by atoms with Crippen molar-refractivity contribution < 1.29 is 0 Å². The highest BCUT2D eigenvalue weighted by Crippen LogP contribution is 2.39. The van der Waals surface area contributed by atoms with Gasteiger partial charge in [0.05, 0.1) is 33.9 Å². The lowest BCUT2D eigenvalue weighted by atomic mass is 9.90. The lowest BCUT2D eigenvalue weighted by Crippen LogP contribution is -2.32. The minimum Gasteiger partial charge on any atom is -0.363 e. The fourth-order valence-electron chi connectivity index (χ4n) is 10.3. The van der Waals surface area contributed by atoms with E-state index >= 15 is 0 Å². The summed E-state index contributed by atoms with van der Waals surface area (Å²) in [4.78, 5) is 14.8. The number of nitrogens with zero attached hydrogens (tertiary/aromatic N) is 6. The standard InChI is InChI=1S/C35H36N4S.C22H29N5/c1-5-11-25-12-9-14-27(23(25)3)29-18-19-34(37-31(29)6-2)39-21-20-26-13-10-15-28(30(26)22-39)24(4)36-35-38-32-16-7-8-17-33(32)40-35;1-15-10-11-18(17(3)23-15)21-19-8-7-9-20(22(19)26(4)25-21)24-16(2)14-27-12-5-6-13-27/h6-10,12-19,32-33H,2,4-5,11,20-22H2,1,3H3,(H,36,38);7-9,18,23-24H,1-3,5-6,10-14H2,4H3. The number of allylic oxidation sites excluding steroid dienone is 4. The highest BCUT2D eigenvalue weighted by Gasteiger charge is 2.30. The van der Waals surface area contributed by atoms with E-state index in [0.717, 1.165) is 119 Å². The molecule has 344 valence electrons. The number of hydrogen-bond acceptors (Lipinski definition) is 9. The molecule has 2 saturated heterocycles. The quantitative estimate of drug-likeness (QED) is 0.114. The molecule has 4 aliphatic heterocycles. The molecule has 1 aliphatic carbocycles. The van der Waals surface area contributed by atoms with E-state index < -0.39 is 0 Å². The number of aromatic nitrogens is 3. The van der Waals surface area contributed by atoms with Crippen molar-refractivity contribution in [1.29, 1.82) is 0 Å². The summed E-state index contributed by atoms with van der Waals surface area (Å²) in [5.41, 5.74) is 17.1. The van der Waals surface area contributed by atoms with Gasteiger partial charge in [0.25, 0.3) is 0 Å². The van der Waals surface area contributed by atoms with Gasteiger partial charge in [0.1, 0.15) is 5.82 Å². The topological polar surface area (TPSA) is 85.6 Å². The Bertz CT molecular complexity index is 2840. The van der Waals surface area contributed by atoms with Crippen molar-refractivity contribution >= 4 is 51.1 Å². The van der Waals surface area contributed by atoms with Crippen LogP contribution in [0.1, 0.15) is 84.2 Å². The van der Waals surface area contributed by atoms with E-state index in [1.54, 1.807) is 11.8 Å². The Morgan fingerprint density at radius 3 is 2.52 bits per heavy atom. The van der Waals surface area contributed by atoms with Crippen LogP contribution in [0.5, 0.6) is 0 Å². The van der Waals surface area contributed by atoms with E-state index in [1.165, 1.54) is 59.1 Å². The number of hydrogen-bond donors (Lipinski definition) is 3. The Labute approximate surface area is 401 Å². The zero-order chi connectivity index (χ0) is 46.6. The second-order valence-corrected chi connectivity index (χ2v) is 19.6. The average Bonchev–Trinajstić information content (AvgIpc) is 4.08. The van der Waals surface area contributed by atoms with Crippen molar-refractivity contribution in [3.05, 3.63) is 180 Å². The molecule has 0 saturated carbocycles. The number of pyridine rings is 1. The number of anilines is 2. The van der Waals surface area contributed by atoms with Crippen LogP contribution in [0.25, 0.3) is 33.8 Å². The highest BCUT2D eigenvalue weighted by atomic mass is 32.2. The van der Waals surface area contributed by atoms with Gasteiger partial charge in [-0.15, -0.1) is 0 Å². The Morgan fingerprint density at radius 1 is 0.925 bits per heavy atom. The molecule has 2 aromatic heterocycles. The zero-order valence-corrected chi connectivity index (χ0v) is 40.4. The number of fused-ring (bicyclic) bond motifs is 3. The molecule has 10 heteroatoms. The SMILES string of the molecule is C=C1CCC(c2nn(C)c3c(NC(=C)CN4CCCC4)cccc23)C(=C)N1.C=Cc1nc(N2CCc3cccc(C(=C)NC4=NC5C=CC=CC5S4)c3C2)ccc1-c1cccc(CCC)c1C. The van der Waals surface area contributed by atoms with Gasteiger partial charge in [0.15, 0.2) is 5.17 Å². The molecule has 0 amide bonds. The van der Waals surface area contributed by atoms with Gasteiger partial charge in [-0.2, -0.15) is 5.10 Å². The molecular formula is C57H65N9S. The van der Waals surface area contributed by atoms with E-state index in [1.807, 2.05) is 17.8 Å². The van der Waals surface area contributed by atoms with Crippen LogP contribution in [0.2, 0.25) is 0 Å². The van der Waals surface area contributed by atoms with Crippen LogP contribution in [0, 0.1) is 6.92 Å². The largest absolute Gasteiger partial charge is 0.363 e. The third-order valence-electron chi connectivity index (χ3n) is 13.8. The summed E-state index contributed by atoms with van der Waals surface area (Å²) in [5, 5.41) is 17.7. The van der Waals surface area contributed by atoms with E-state index in [-0.39, 0.29) is 12.0 Å². The predicted molar refractivity (Wildman–Crippen MR) is 285 cm³/mol. The fraction of sp³-hybridized carbons (Fsp3) is 0.316. The summed E-state index contributed by atoms with van der Waals surface area (Å²) < 4.78 is 1.98. The zero-order valence-electron chi connectivity index (χ0n) is 39.6. The van der Waals surface area contributed by atoms with Crippen LogP contribution in [0.15, 0.2) is 146 Å². The number of aliphatic imine (C=N–C) groups is 1. The molecule has 10 rings (SSSR count). The van der Waals surface area contributed by atoms with Crippen molar-refractivity contribution in [1.82, 2.24) is 30.3 Å². The first-order valence-electron chi connectivity index (χ1n) is 24.0. The molecule has 67 heavy (non-hydrogen) atoms. The van der Waals surface area contributed by atoms with Crippen molar-refractivity contribution in [3.63, 3.8) is 0 Å². The molecule has 6 heterocycles. The number of likely N-dealkylation sites (tertiary alicyclic amines) is 1. The highest BCUT2D eigenvalue weighted by molar-refractivity contribution is 8.14. The van der Waals surface area contributed by atoms with E-state index in [4.69, 9.17) is 15.1 Å². The fourth-order valence-corrected chi connectivity index (χ4v) is 11.4. The maximum Gasteiger partial charge on any atom is 0.162 e. The van der Waals surface area contributed by atoms with Crippen LogP contribution in [-0.4, -0.2) is 62.3 Å². The molecular weight excluding hydrogens is 843 g/mol. The molecule has 3 aromatic carbocycles. The van der Waals surface area contributed by atoms with Crippen molar-refractivity contribution in [2.24, 2.45) is 12.0 Å². The summed E-state index contributed by atoms with van der Waals surface area (Å²) in [6.07, 6.45) is 18.2. The lowest BCUT2D eigenvalue weighted by molar-refractivity contribution is 0.370. The van der Waals surface area contributed by atoms with Crippen LogP contribution in [0.4, 0.5) is 11.5 Å². The lowest BCUT2D eigenvalue weighted by Gasteiger charge is -2.32. The molecule has 0 bridgehead atoms. The Balaban J connectivity index is 0.000000181. The summed E-state index contributed by atoms with van der Waals surface area (Å²) >= 11 is 1.77. The molecule has 3 N–H and O–H groups in total. The molecule has 0 spiro atoms. The molecule has 5 aromatic rings. The Morgan fingerprint density at radius 2 is 1.73 bits per heavy atom. The van der Waals surface area contributed by atoms with Gasteiger partial charge in [0, 0.05) is 71.9 Å². The average molecular weight is 908 g/mol. The predicted octanol–water partition coefficient (Wildman–Crippen LogP) is 11.8. The first-order chi connectivity index (χ1) is 32.6. The van der Waals surface area contributed by atoms with Crippen molar-refractivity contribution in [3.8, 4) is 11.1 Å². The minimum atomic E-state index is 0.205. The monoisotopic (exact) mass is 908 g/mol. The van der Waals surface area contributed by atoms with E-state index in [0.29, 0.717) is 5.25 Å². The first kappa shape index (κ1) is 45.8.